The van der Waals surface area contributed by atoms with E-state index in [0.717, 1.165) is 0 Å². The molecule has 1 rings (SSSR count). The minimum Gasteiger partial charge on any atom is -0.384 e. The number of rotatable bonds is 1. The van der Waals surface area contributed by atoms with Gasteiger partial charge in [-0.1, -0.05) is 6.07 Å². The Labute approximate surface area is 84.0 Å². The van der Waals surface area contributed by atoms with Crippen molar-refractivity contribution in [1.29, 1.82) is 5.41 Å². The van der Waals surface area contributed by atoms with Crippen LogP contribution in [0.4, 0.5) is 4.39 Å². The number of hydrogen-bond donors (Lipinski definition) is 2. The van der Waals surface area contributed by atoms with Gasteiger partial charge in [0.15, 0.2) is 0 Å². The van der Waals surface area contributed by atoms with Crippen molar-refractivity contribution in [1.82, 2.24) is 0 Å². The van der Waals surface area contributed by atoms with Crippen molar-refractivity contribution in [3.63, 3.8) is 0 Å². The maximum absolute atomic E-state index is 13.0. The fraction of sp³-hybridized carbons (Fsp3) is 0. The van der Waals surface area contributed by atoms with E-state index in [1.807, 2.05) is 0 Å². The van der Waals surface area contributed by atoms with Crippen LogP contribution in [-0.4, -0.2) is 5.84 Å². The van der Waals surface area contributed by atoms with Crippen molar-refractivity contribution in [3.8, 4) is 0 Å². The Balaban J connectivity index is 0.00000121. The van der Waals surface area contributed by atoms with Gasteiger partial charge in [0.25, 0.3) is 0 Å². The molecule has 5 heteroatoms. The topological polar surface area (TPSA) is 49.9 Å². The Hall–Kier alpha value is -0.610. The maximum Gasteiger partial charge on any atom is 0.148 e. The van der Waals surface area contributed by atoms with E-state index in [1.165, 1.54) is 6.07 Å². The first-order valence-corrected chi connectivity index (χ1v) is 3.70. The average Bonchev–Trinajstić information content (AvgIpc) is 1.94. The van der Waals surface area contributed by atoms with Crippen LogP contribution in [0.3, 0.4) is 0 Å². The summed E-state index contributed by atoms with van der Waals surface area (Å²) in [5.41, 5.74) is 5.23. The van der Waals surface area contributed by atoms with Gasteiger partial charge >= 0.3 is 0 Å². The summed E-state index contributed by atoms with van der Waals surface area (Å²) < 4.78 is 13.3. The summed E-state index contributed by atoms with van der Waals surface area (Å²) in [6.07, 6.45) is 0. The van der Waals surface area contributed by atoms with Gasteiger partial charge in [-0.15, -0.1) is 12.4 Å². The molecule has 1 aromatic rings. The van der Waals surface area contributed by atoms with Crippen molar-refractivity contribution >= 4 is 34.2 Å². The van der Waals surface area contributed by atoms with Gasteiger partial charge in [0.05, 0.1) is 10.0 Å². The third kappa shape index (κ3) is 2.19. The molecule has 0 saturated heterocycles. The number of amidine groups is 1. The largest absolute Gasteiger partial charge is 0.384 e. The Kier molecular flexibility index (Phi) is 4.20. The van der Waals surface area contributed by atoms with Crippen molar-refractivity contribution in [3.05, 3.63) is 34.1 Å². The van der Waals surface area contributed by atoms with Crippen LogP contribution in [0.15, 0.2) is 22.7 Å². The second-order valence-electron chi connectivity index (χ2n) is 2.02. The summed E-state index contributed by atoms with van der Waals surface area (Å²) >= 11 is 2.99. The summed E-state index contributed by atoms with van der Waals surface area (Å²) in [6.45, 7) is 0. The lowest BCUT2D eigenvalue weighted by atomic mass is 10.2. The minimum atomic E-state index is -0.486. The highest BCUT2D eigenvalue weighted by Crippen LogP contribution is 2.17. The quantitative estimate of drug-likeness (QED) is 0.585. The van der Waals surface area contributed by atoms with Crippen LogP contribution in [-0.2, 0) is 0 Å². The first-order chi connectivity index (χ1) is 5.13. The molecule has 0 amide bonds. The second kappa shape index (κ2) is 4.42. The van der Waals surface area contributed by atoms with E-state index in [4.69, 9.17) is 11.1 Å². The standard InChI is InChI=1S/C7H6BrFN2.ClH/c8-5-3-1-2-4(6(5)9)7(10)11;/h1-3H,(H3,10,11);1H. The van der Waals surface area contributed by atoms with Crippen LogP contribution in [0, 0.1) is 11.2 Å². The molecule has 0 bridgehead atoms. The zero-order valence-corrected chi connectivity index (χ0v) is 8.38. The van der Waals surface area contributed by atoms with E-state index in [1.54, 1.807) is 12.1 Å². The Morgan fingerprint density at radius 1 is 1.50 bits per heavy atom. The molecule has 12 heavy (non-hydrogen) atoms. The fourth-order valence-electron chi connectivity index (χ4n) is 0.712. The Morgan fingerprint density at radius 2 is 2.08 bits per heavy atom. The molecular formula is C7H7BrClFN2. The van der Waals surface area contributed by atoms with Gasteiger partial charge in [0.1, 0.15) is 11.7 Å². The normalized spacial score (nSPS) is 8.83. The van der Waals surface area contributed by atoms with Crippen LogP contribution in [0.5, 0.6) is 0 Å². The third-order valence-electron chi connectivity index (χ3n) is 1.24. The second-order valence-corrected chi connectivity index (χ2v) is 2.87. The number of nitrogen functional groups attached to an aromatic ring is 1. The zero-order valence-electron chi connectivity index (χ0n) is 5.97. The molecule has 0 aliphatic carbocycles. The van der Waals surface area contributed by atoms with Crippen LogP contribution in [0.2, 0.25) is 0 Å². The summed E-state index contributed by atoms with van der Waals surface area (Å²) in [6, 6.07) is 4.65. The van der Waals surface area contributed by atoms with E-state index in [9.17, 15) is 4.39 Å². The van der Waals surface area contributed by atoms with E-state index < -0.39 is 5.82 Å². The third-order valence-corrected chi connectivity index (χ3v) is 1.85. The number of halogens is 3. The van der Waals surface area contributed by atoms with Crippen molar-refractivity contribution in [2.24, 2.45) is 5.73 Å². The number of hydrogen-bond acceptors (Lipinski definition) is 1. The van der Waals surface area contributed by atoms with Crippen LogP contribution in [0.1, 0.15) is 5.56 Å². The lowest BCUT2D eigenvalue weighted by Gasteiger charge is -2.00. The average molecular weight is 254 g/mol. The number of nitrogens with two attached hydrogens (primary N) is 1. The SMILES string of the molecule is Cl.N=C(N)c1cccc(Br)c1F. The number of nitrogens with one attached hydrogen (secondary N) is 1. The van der Waals surface area contributed by atoms with Gasteiger partial charge in [-0.2, -0.15) is 0 Å². The van der Waals surface area contributed by atoms with Gasteiger partial charge in [-0.25, -0.2) is 4.39 Å². The smallest absolute Gasteiger partial charge is 0.148 e. The molecule has 0 spiro atoms. The molecule has 0 aromatic heterocycles. The van der Waals surface area contributed by atoms with Gasteiger partial charge < -0.3 is 5.73 Å². The highest BCUT2D eigenvalue weighted by atomic mass is 79.9. The van der Waals surface area contributed by atoms with E-state index in [-0.39, 0.29) is 23.8 Å². The predicted molar refractivity (Wildman–Crippen MR) is 52.4 cm³/mol. The summed E-state index contributed by atoms with van der Waals surface area (Å²) in [7, 11) is 0. The van der Waals surface area contributed by atoms with Crippen LogP contribution in [0.25, 0.3) is 0 Å². The molecule has 3 N–H and O–H groups in total. The molecule has 0 atom stereocenters. The van der Waals surface area contributed by atoms with Crippen LogP contribution < -0.4 is 5.73 Å². The van der Waals surface area contributed by atoms with E-state index in [2.05, 4.69) is 15.9 Å². The monoisotopic (exact) mass is 252 g/mol. The maximum atomic E-state index is 13.0. The van der Waals surface area contributed by atoms with Gasteiger partial charge in [-0.05, 0) is 28.1 Å². The molecule has 0 saturated carbocycles. The van der Waals surface area contributed by atoms with Crippen molar-refractivity contribution < 1.29 is 4.39 Å². The molecule has 1 aromatic carbocycles. The molecule has 0 aliphatic rings. The molecule has 66 valence electrons. The molecule has 2 nitrogen and oxygen atoms in total. The molecule has 0 radical (unpaired) electrons. The first-order valence-electron chi connectivity index (χ1n) is 2.91. The fourth-order valence-corrected chi connectivity index (χ4v) is 1.08. The molecule has 0 unspecified atom stereocenters. The van der Waals surface area contributed by atoms with Gasteiger partial charge in [0, 0.05) is 0 Å². The highest BCUT2D eigenvalue weighted by Gasteiger charge is 2.06. The zero-order chi connectivity index (χ0) is 8.43. The van der Waals surface area contributed by atoms with Gasteiger partial charge in [0.2, 0.25) is 0 Å². The number of benzene rings is 1. The molecule has 0 heterocycles. The summed E-state index contributed by atoms with van der Waals surface area (Å²) in [5, 5.41) is 6.99. The summed E-state index contributed by atoms with van der Waals surface area (Å²) in [5.74, 6) is -0.746. The Bertz CT molecular complexity index is 303. The highest BCUT2D eigenvalue weighted by molar-refractivity contribution is 9.10. The lowest BCUT2D eigenvalue weighted by Crippen LogP contribution is -2.13. The summed E-state index contributed by atoms with van der Waals surface area (Å²) in [4.78, 5) is 0. The first kappa shape index (κ1) is 11.4. The van der Waals surface area contributed by atoms with E-state index >= 15 is 0 Å². The van der Waals surface area contributed by atoms with E-state index in [0.29, 0.717) is 4.47 Å². The van der Waals surface area contributed by atoms with Crippen LogP contribution >= 0.6 is 28.3 Å². The predicted octanol–water partition coefficient (Wildman–Crippen LogP) is 2.29. The lowest BCUT2D eigenvalue weighted by molar-refractivity contribution is 0.618. The Morgan fingerprint density at radius 3 is 2.50 bits per heavy atom. The molecule has 0 aliphatic heterocycles. The minimum absolute atomic E-state index is 0. The van der Waals surface area contributed by atoms with Gasteiger partial charge in [-0.3, -0.25) is 5.41 Å². The van der Waals surface area contributed by atoms with Crippen molar-refractivity contribution in [2.45, 2.75) is 0 Å². The molecular weight excluding hydrogens is 246 g/mol. The van der Waals surface area contributed by atoms with Crippen molar-refractivity contribution in [2.75, 3.05) is 0 Å². The molecule has 0 fully saturated rings.